The van der Waals surface area contributed by atoms with Gasteiger partial charge in [-0.2, -0.15) is 0 Å². The number of nitrogens with one attached hydrogen (secondary N) is 2. The molecule has 0 aliphatic carbocycles. The summed E-state index contributed by atoms with van der Waals surface area (Å²) in [6.45, 7) is 16.4. The third kappa shape index (κ3) is 8.99. The predicted molar refractivity (Wildman–Crippen MR) is 117 cm³/mol. The molecule has 1 rings (SSSR count). The van der Waals surface area contributed by atoms with Gasteiger partial charge in [0.05, 0.1) is 6.54 Å². The summed E-state index contributed by atoms with van der Waals surface area (Å²) in [7, 11) is -0.844. The maximum absolute atomic E-state index is 12.1. The molecule has 0 amide bonds. The number of nitrogens with zero attached hydrogens (tertiary/aromatic N) is 2. The number of halogens is 1. The van der Waals surface area contributed by atoms with Crippen molar-refractivity contribution in [2.24, 2.45) is 4.99 Å². The number of piperidine rings is 1. The molecule has 1 saturated heterocycles. The molecule has 5 nitrogen and oxygen atoms in total. The second kappa shape index (κ2) is 11.7. The summed E-state index contributed by atoms with van der Waals surface area (Å²) in [5, 5.41) is 6.84. The Kier molecular flexibility index (Phi) is 11.7. The molecule has 1 atom stereocenters. The maximum Gasteiger partial charge on any atom is 0.191 e. The van der Waals surface area contributed by atoms with E-state index in [0.717, 1.165) is 38.4 Å². The van der Waals surface area contributed by atoms with Crippen LogP contribution >= 0.6 is 24.0 Å². The zero-order valence-electron chi connectivity index (χ0n) is 16.2. The number of guanidine groups is 1. The first kappa shape index (κ1) is 24.1. The summed E-state index contributed by atoms with van der Waals surface area (Å²) < 4.78 is 11.9. The summed E-state index contributed by atoms with van der Waals surface area (Å²) >= 11 is 0. The molecule has 1 fully saturated rings. The molecule has 1 heterocycles. The lowest BCUT2D eigenvalue weighted by atomic mass is 10.0. The molecule has 0 aromatic rings. The monoisotopic (exact) mass is 472 g/mol. The summed E-state index contributed by atoms with van der Waals surface area (Å²) in [6, 6.07) is 1.11. The Hall–Kier alpha value is 0.110. The Morgan fingerprint density at radius 3 is 2.33 bits per heavy atom. The average molecular weight is 472 g/mol. The topological polar surface area (TPSA) is 56.7 Å². The van der Waals surface area contributed by atoms with Gasteiger partial charge in [-0.1, -0.05) is 0 Å². The zero-order valence-corrected chi connectivity index (χ0v) is 19.4. The Morgan fingerprint density at radius 1 is 1.29 bits per heavy atom. The zero-order chi connectivity index (χ0) is 17.5. The van der Waals surface area contributed by atoms with Crippen LogP contribution in [0.4, 0.5) is 0 Å². The average Bonchev–Trinajstić information content (AvgIpc) is 2.46. The molecule has 1 aliphatic rings. The van der Waals surface area contributed by atoms with Gasteiger partial charge in [0.1, 0.15) is 0 Å². The van der Waals surface area contributed by atoms with E-state index in [-0.39, 0.29) is 28.7 Å². The molecule has 1 unspecified atom stereocenters. The van der Waals surface area contributed by atoms with Crippen LogP contribution in [0.1, 0.15) is 54.4 Å². The first-order chi connectivity index (χ1) is 10.7. The molecule has 0 aromatic carbocycles. The number of aliphatic imine (C=N–C) groups is 1. The highest BCUT2D eigenvalue weighted by atomic mass is 127. The lowest BCUT2D eigenvalue weighted by Crippen LogP contribution is -2.50. The van der Waals surface area contributed by atoms with Crippen molar-refractivity contribution in [3.05, 3.63) is 0 Å². The summed E-state index contributed by atoms with van der Waals surface area (Å²) in [5.74, 6) is 1.48. The first-order valence-corrected chi connectivity index (χ1v) is 10.2. The highest BCUT2D eigenvalue weighted by Gasteiger charge is 2.22. The molecule has 144 valence electrons. The molecule has 1 aliphatic heterocycles. The SMILES string of the molecule is CCNC(=NCCS(=O)C(C)(C)C)NC1CCN(C(C)C)CC1.I. The van der Waals surface area contributed by atoms with Crippen molar-refractivity contribution in [2.45, 2.75) is 71.2 Å². The number of hydrogen-bond acceptors (Lipinski definition) is 3. The third-order valence-corrected chi connectivity index (χ3v) is 6.09. The highest BCUT2D eigenvalue weighted by Crippen LogP contribution is 2.13. The van der Waals surface area contributed by atoms with Crippen LogP contribution in [0.25, 0.3) is 0 Å². The van der Waals surface area contributed by atoms with E-state index in [4.69, 9.17) is 0 Å². The van der Waals surface area contributed by atoms with Crippen molar-refractivity contribution in [3.8, 4) is 0 Å². The van der Waals surface area contributed by atoms with Crippen LogP contribution in [0, 0.1) is 0 Å². The van der Waals surface area contributed by atoms with E-state index < -0.39 is 10.8 Å². The van der Waals surface area contributed by atoms with Crippen molar-refractivity contribution in [2.75, 3.05) is 31.9 Å². The van der Waals surface area contributed by atoms with E-state index in [2.05, 4.69) is 41.3 Å². The second-order valence-corrected chi connectivity index (χ2v) is 9.80. The fourth-order valence-electron chi connectivity index (χ4n) is 2.62. The van der Waals surface area contributed by atoms with Gasteiger partial charge >= 0.3 is 0 Å². The minimum absolute atomic E-state index is 0. The largest absolute Gasteiger partial charge is 0.357 e. The van der Waals surface area contributed by atoms with Crippen LogP contribution in [0.15, 0.2) is 4.99 Å². The highest BCUT2D eigenvalue weighted by molar-refractivity contribution is 14.0. The van der Waals surface area contributed by atoms with E-state index in [0.29, 0.717) is 24.4 Å². The van der Waals surface area contributed by atoms with Crippen molar-refractivity contribution in [1.82, 2.24) is 15.5 Å². The van der Waals surface area contributed by atoms with Crippen LogP contribution in [-0.2, 0) is 10.8 Å². The first-order valence-electron chi connectivity index (χ1n) is 8.91. The Balaban J connectivity index is 0.00000529. The minimum Gasteiger partial charge on any atom is -0.357 e. The molecule has 24 heavy (non-hydrogen) atoms. The number of likely N-dealkylation sites (tertiary alicyclic amines) is 1. The van der Waals surface area contributed by atoms with Gasteiger partial charge in [-0.25, -0.2) is 0 Å². The maximum atomic E-state index is 12.1. The normalized spacial score (nSPS) is 19.0. The van der Waals surface area contributed by atoms with Gasteiger partial charge in [-0.05, 0) is 54.4 Å². The van der Waals surface area contributed by atoms with Crippen molar-refractivity contribution < 1.29 is 4.21 Å². The number of hydrogen-bond donors (Lipinski definition) is 2. The molecule has 0 bridgehead atoms. The van der Waals surface area contributed by atoms with Gasteiger partial charge in [0.25, 0.3) is 0 Å². The van der Waals surface area contributed by atoms with Crippen molar-refractivity contribution in [3.63, 3.8) is 0 Å². The fraction of sp³-hybridized carbons (Fsp3) is 0.941. The van der Waals surface area contributed by atoms with E-state index in [1.165, 1.54) is 0 Å². The Morgan fingerprint density at radius 2 is 1.88 bits per heavy atom. The Bertz CT molecular complexity index is 402. The minimum atomic E-state index is -0.844. The molecule has 0 spiro atoms. The quantitative estimate of drug-likeness (QED) is 0.355. The van der Waals surface area contributed by atoms with E-state index in [9.17, 15) is 4.21 Å². The molecule has 0 radical (unpaired) electrons. The van der Waals surface area contributed by atoms with Gasteiger partial charge < -0.3 is 15.5 Å². The lowest BCUT2D eigenvalue weighted by molar-refractivity contribution is 0.167. The lowest BCUT2D eigenvalue weighted by Gasteiger charge is -2.35. The smallest absolute Gasteiger partial charge is 0.191 e. The van der Waals surface area contributed by atoms with Crippen LogP contribution in [0.5, 0.6) is 0 Å². The van der Waals surface area contributed by atoms with Crippen LogP contribution in [0.2, 0.25) is 0 Å². The van der Waals surface area contributed by atoms with Gasteiger partial charge in [-0.15, -0.1) is 24.0 Å². The van der Waals surface area contributed by atoms with Crippen LogP contribution < -0.4 is 10.6 Å². The van der Waals surface area contributed by atoms with Gasteiger partial charge in [0.2, 0.25) is 0 Å². The van der Waals surface area contributed by atoms with Crippen molar-refractivity contribution in [1.29, 1.82) is 0 Å². The van der Waals surface area contributed by atoms with Gasteiger partial charge in [-0.3, -0.25) is 9.20 Å². The Labute approximate surface area is 168 Å². The van der Waals surface area contributed by atoms with E-state index in [1.54, 1.807) is 0 Å². The summed E-state index contributed by atoms with van der Waals surface area (Å²) in [6.07, 6.45) is 2.30. The third-order valence-electron chi connectivity index (χ3n) is 4.17. The fourth-order valence-corrected chi connectivity index (χ4v) is 3.49. The molecule has 7 heteroatoms. The standard InChI is InChI=1S/C17H36N4OS.HI/c1-7-18-16(19-10-13-23(22)17(4,5)6)20-15-8-11-21(12-9-15)14(2)3;/h14-15H,7-13H2,1-6H3,(H2,18,19,20);1H. The summed E-state index contributed by atoms with van der Waals surface area (Å²) in [5.41, 5.74) is 0. The van der Waals surface area contributed by atoms with Crippen molar-refractivity contribution >= 4 is 40.7 Å². The second-order valence-electron chi connectivity index (χ2n) is 7.47. The van der Waals surface area contributed by atoms with Crippen LogP contribution in [0.3, 0.4) is 0 Å². The van der Waals surface area contributed by atoms with Gasteiger partial charge in [0, 0.05) is 53.0 Å². The molecule has 2 N–H and O–H groups in total. The molecular weight excluding hydrogens is 435 g/mol. The number of rotatable bonds is 6. The summed E-state index contributed by atoms with van der Waals surface area (Å²) in [4.78, 5) is 7.13. The molecule has 0 aromatic heterocycles. The van der Waals surface area contributed by atoms with Crippen LogP contribution in [-0.4, -0.2) is 63.8 Å². The molecule has 0 saturated carbocycles. The van der Waals surface area contributed by atoms with E-state index in [1.807, 2.05) is 20.8 Å². The predicted octanol–water partition coefficient (Wildman–Crippen LogP) is 2.58. The van der Waals surface area contributed by atoms with Gasteiger partial charge in [0.15, 0.2) is 5.96 Å². The molecular formula is C17H37IN4OS. The van der Waals surface area contributed by atoms with E-state index >= 15 is 0 Å².